The molecule has 0 bridgehead atoms. The normalized spacial score (nSPS) is 10.7. The summed E-state index contributed by atoms with van der Waals surface area (Å²) in [7, 11) is 0. The zero-order valence-electron chi connectivity index (χ0n) is 12.6. The molecule has 0 aliphatic rings. The van der Waals surface area contributed by atoms with E-state index in [0.29, 0.717) is 5.56 Å². The third kappa shape index (κ3) is 3.46. The summed E-state index contributed by atoms with van der Waals surface area (Å²) >= 11 is 4.35. The van der Waals surface area contributed by atoms with Gasteiger partial charge in [0.1, 0.15) is 0 Å². The van der Waals surface area contributed by atoms with Gasteiger partial charge in [0.05, 0.1) is 11.3 Å². The number of hydrogen-bond acceptors (Lipinski definition) is 3. The van der Waals surface area contributed by atoms with Crippen molar-refractivity contribution in [2.24, 2.45) is 0 Å². The summed E-state index contributed by atoms with van der Waals surface area (Å²) in [6, 6.07) is 15.2. The van der Waals surface area contributed by atoms with E-state index < -0.39 is 5.97 Å². The first kappa shape index (κ1) is 15.4. The lowest BCUT2D eigenvalue weighted by Crippen LogP contribution is -1.99. The highest BCUT2D eigenvalue weighted by Gasteiger charge is 2.10. The van der Waals surface area contributed by atoms with Crippen molar-refractivity contribution < 1.29 is 9.90 Å². The highest BCUT2D eigenvalue weighted by Crippen LogP contribution is 2.22. The van der Waals surface area contributed by atoms with Crippen molar-refractivity contribution in [2.75, 3.05) is 0 Å². The Morgan fingerprint density at radius 1 is 1.22 bits per heavy atom. The number of carbonyl (C=O) groups is 1. The van der Waals surface area contributed by atoms with Crippen molar-refractivity contribution in [1.82, 2.24) is 10.2 Å². The minimum Gasteiger partial charge on any atom is -0.478 e. The Hall–Kier alpha value is -2.53. The highest BCUT2D eigenvalue weighted by molar-refractivity contribution is 7.80. The van der Waals surface area contributed by atoms with E-state index in [9.17, 15) is 4.79 Å². The maximum absolute atomic E-state index is 11.1. The number of nitrogens with zero attached hydrogens (tertiary/aromatic N) is 1. The quantitative estimate of drug-likeness (QED) is 0.636. The number of carboxylic acid groups (broad SMARTS) is 1. The molecule has 2 N–H and O–H groups in total. The Morgan fingerprint density at radius 3 is 2.74 bits per heavy atom. The number of thiol groups is 1. The smallest absolute Gasteiger partial charge is 0.335 e. The fourth-order valence-electron chi connectivity index (χ4n) is 2.55. The van der Waals surface area contributed by atoms with Crippen LogP contribution in [0.15, 0.2) is 53.4 Å². The van der Waals surface area contributed by atoms with Crippen molar-refractivity contribution in [2.45, 2.75) is 18.2 Å². The fraction of sp³-hybridized carbons (Fsp3) is 0.111. The standard InChI is InChI=1S/C18H16N2O2S/c1-11-7-13(5-6-16(11)18(21)22)17-10-14(19-20-17)8-12-3-2-4-15(23)9-12/h2-7,9-10,23H,8H2,1H3,(H,19,20)(H,21,22). The second-order valence-corrected chi connectivity index (χ2v) is 5.98. The first-order chi connectivity index (χ1) is 11.0. The number of rotatable bonds is 4. The molecule has 116 valence electrons. The van der Waals surface area contributed by atoms with Gasteiger partial charge in [0.15, 0.2) is 0 Å². The van der Waals surface area contributed by atoms with Crippen molar-refractivity contribution in [3.8, 4) is 11.3 Å². The zero-order chi connectivity index (χ0) is 16.4. The number of benzene rings is 2. The van der Waals surface area contributed by atoms with Crippen molar-refractivity contribution in [3.05, 3.63) is 70.9 Å². The third-order valence-corrected chi connectivity index (χ3v) is 3.97. The molecule has 5 heteroatoms. The predicted molar refractivity (Wildman–Crippen MR) is 92.2 cm³/mol. The number of aromatic carboxylic acids is 1. The van der Waals surface area contributed by atoms with Gasteiger partial charge < -0.3 is 5.11 Å². The lowest BCUT2D eigenvalue weighted by Gasteiger charge is -2.03. The molecule has 0 spiro atoms. The van der Waals surface area contributed by atoms with Gasteiger partial charge >= 0.3 is 5.97 Å². The van der Waals surface area contributed by atoms with Crippen LogP contribution in [0.2, 0.25) is 0 Å². The first-order valence-corrected chi connectivity index (χ1v) is 7.64. The summed E-state index contributed by atoms with van der Waals surface area (Å²) in [6.07, 6.45) is 0.744. The lowest BCUT2D eigenvalue weighted by atomic mass is 10.0. The molecule has 0 unspecified atom stereocenters. The van der Waals surface area contributed by atoms with Gasteiger partial charge in [0.25, 0.3) is 0 Å². The van der Waals surface area contributed by atoms with Crippen molar-refractivity contribution in [3.63, 3.8) is 0 Å². The Bertz CT molecular complexity index is 871. The van der Waals surface area contributed by atoms with E-state index in [1.54, 1.807) is 19.1 Å². The molecule has 0 saturated heterocycles. The summed E-state index contributed by atoms with van der Waals surface area (Å²) in [5, 5.41) is 16.5. The summed E-state index contributed by atoms with van der Waals surface area (Å²) in [5.41, 5.74) is 4.90. The van der Waals surface area contributed by atoms with Crippen LogP contribution in [0.5, 0.6) is 0 Å². The molecule has 0 aliphatic carbocycles. The van der Waals surface area contributed by atoms with Crippen LogP contribution in [-0.2, 0) is 6.42 Å². The number of H-pyrrole nitrogens is 1. The topological polar surface area (TPSA) is 66.0 Å². The maximum atomic E-state index is 11.1. The monoisotopic (exact) mass is 324 g/mol. The van der Waals surface area contributed by atoms with Gasteiger partial charge in [-0.1, -0.05) is 18.2 Å². The summed E-state index contributed by atoms with van der Waals surface area (Å²) in [6.45, 7) is 1.79. The molecule has 0 aliphatic heterocycles. The van der Waals surface area contributed by atoms with E-state index in [1.807, 2.05) is 36.4 Å². The van der Waals surface area contributed by atoms with Crippen LogP contribution >= 0.6 is 12.6 Å². The van der Waals surface area contributed by atoms with E-state index in [-0.39, 0.29) is 0 Å². The Balaban J connectivity index is 1.84. The number of nitrogens with one attached hydrogen (secondary N) is 1. The van der Waals surface area contributed by atoms with Crippen LogP contribution in [0.1, 0.15) is 27.2 Å². The number of aromatic amines is 1. The van der Waals surface area contributed by atoms with Crippen molar-refractivity contribution in [1.29, 1.82) is 0 Å². The molecule has 0 radical (unpaired) electrons. The molecule has 0 saturated carbocycles. The van der Waals surface area contributed by atoms with E-state index in [2.05, 4.69) is 22.8 Å². The van der Waals surface area contributed by atoms with Gasteiger partial charge in [0.2, 0.25) is 0 Å². The van der Waals surface area contributed by atoms with Gasteiger partial charge in [-0.2, -0.15) is 5.10 Å². The highest BCUT2D eigenvalue weighted by atomic mass is 32.1. The molecule has 2 aromatic carbocycles. The van der Waals surface area contributed by atoms with Crippen LogP contribution in [0.25, 0.3) is 11.3 Å². The van der Waals surface area contributed by atoms with Crippen LogP contribution < -0.4 is 0 Å². The van der Waals surface area contributed by atoms with Gasteiger partial charge in [-0.05, 0) is 48.4 Å². The summed E-state index contributed by atoms with van der Waals surface area (Å²) in [4.78, 5) is 12.0. The fourth-order valence-corrected chi connectivity index (χ4v) is 2.80. The van der Waals surface area contributed by atoms with Gasteiger partial charge in [-0.25, -0.2) is 4.79 Å². The molecule has 23 heavy (non-hydrogen) atoms. The molecule has 3 aromatic rings. The molecular weight excluding hydrogens is 308 g/mol. The van der Waals surface area contributed by atoms with E-state index in [1.165, 1.54) is 0 Å². The SMILES string of the molecule is Cc1cc(-c2cc(Cc3cccc(S)c3)[nH]n2)ccc1C(=O)O. The lowest BCUT2D eigenvalue weighted by molar-refractivity contribution is 0.0696. The molecule has 0 amide bonds. The van der Waals surface area contributed by atoms with Crippen LogP contribution in [0.4, 0.5) is 0 Å². The van der Waals surface area contributed by atoms with E-state index in [4.69, 9.17) is 5.11 Å². The largest absolute Gasteiger partial charge is 0.478 e. The van der Waals surface area contributed by atoms with E-state index in [0.717, 1.165) is 39.4 Å². The van der Waals surface area contributed by atoms with Crippen LogP contribution in [0, 0.1) is 6.92 Å². The van der Waals surface area contributed by atoms with Crippen LogP contribution in [0.3, 0.4) is 0 Å². The molecule has 0 fully saturated rings. The predicted octanol–water partition coefficient (Wildman–Crippen LogP) is 3.96. The second kappa shape index (κ2) is 6.30. The molecule has 0 atom stereocenters. The third-order valence-electron chi connectivity index (χ3n) is 3.69. The number of aryl methyl sites for hydroxylation is 1. The van der Waals surface area contributed by atoms with Crippen molar-refractivity contribution >= 4 is 18.6 Å². The van der Waals surface area contributed by atoms with Gasteiger partial charge in [0, 0.05) is 22.6 Å². The molecule has 1 aromatic heterocycles. The minimum absolute atomic E-state index is 0.315. The Kier molecular flexibility index (Phi) is 4.21. The summed E-state index contributed by atoms with van der Waals surface area (Å²) in [5.74, 6) is -0.914. The molecule has 1 heterocycles. The van der Waals surface area contributed by atoms with E-state index >= 15 is 0 Å². The minimum atomic E-state index is -0.914. The summed E-state index contributed by atoms with van der Waals surface area (Å²) < 4.78 is 0. The van der Waals surface area contributed by atoms with Gasteiger partial charge in [-0.15, -0.1) is 12.6 Å². The maximum Gasteiger partial charge on any atom is 0.335 e. The Morgan fingerprint density at radius 2 is 2.04 bits per heavy atom. The number of carboxylic acids is 1. The first-order valence-electron chi connectivity index (χ1n) is 7.19. The average Bonchev–Trinajstić information content (AvgIpc) is 2.95. The van der Waals surface area contributed by atoms with Gasteiger partial charge in [-0.3, -0.25) is 5.10 Å². The molecule has 4 nitrogen and oxygen atoms in total. The zero-order valence-corrected chi connectivity index (χ0v) is 13.5. The molecule has 3 rings (SSSR count). The average molecular weight is 324 g/mol. The second-order valence-electron chi connectivity index (χ2n) is 5.46. The van der Waals surface area contributed by atoms with Crippen LogP contribution in [-0.4, -0.2) is 21.3 Å². The molecular formula is C18H16N2O2S. The number of hydrogen-bond donors (Lipinski definition) is 3. The Labute approximate surface area is 139 Å². The number of aromatic nitrogens is 2.